The van der Waals surface area contributed by atoms with Crippen molar-refractivity contribution in [1.82, 2.24) is 4.90 Å². The summed E-state index contributed by atoms with van der Waals surface area (Å²) >= 11 is 1.34. The first-order valence-electron chi connectivity index (χ1n) is 9.38. The van der Waals surface area contributed by atoms with Crippen LogP contribution in [0.4, 0.5) is 14.5 Å². The maximum Gasteiger partial charge on any atom is 0.291 e. The van der Waals surface area contributed by atoms with E-state index in [-0.39, 0.29) is 17.9 Å². The van der Waals surface area contributed by atoms with E-state index in [1.165, 1.54) is 33.9 Å². The van der Waals surface area contributed by atoms with Crippen molar-refractivity contribution in [2.45, 2.75) is 11.4 Å². The summed E-state index contributed by atoms with van der Waals surface area (Å²) in [4.78, 5) is 28.4. The predicted octanol–water partition coefficient (Wildman–Crippen LogP) is 4.15. The number of amides is 2. The highest BCUT2D eigenvalue weighted by molar-refractivity contribution is 8.01. The molecule has 2 aliphatic rings. The fraction of sp³-hybridized carbons (Fsp3) is 0.182. The number of fused-ring (bicyclic) bond motifs is 2. The summed E-state index contributed by atoms with van der Waals surface area (Å²) in [6, 6.07) is 13.8. The molecule has 2 aromatic carbocycles. The molecule has 5 nitrogen and oxygen atoms in total. The zero-order valence-electron chi connectivity index (χ0n) is 15.7. The lowest BCUT2D eigenvalue weighted by molar-refractivity contribution is -0.123. The van der Waals surface area contributed by atoms with Crippen molar-refractivity contribution in [1.29, 1.82) is 0 Å². The lowest BCUT2D eigenvalue weighted by Crippen LogP contribution is -2.50. The highest BCUT2D eigenvalue weighted by atomic mass is 32.2. The van der Waals surface area contributed by atoms with E-state index in [0.717, 1.165) is 12.1 Å². The van der Waals surface area contributed by atoms with Gasteiger partial charge in [0.05, 0.1) is 18.5 Å². The van der Waals surface area contributed by atoms with Gasteiger partial charge >= 0.3 is 0 Å². The number of para-hydroxylation sites is 1. The number of anilines is 1. The van der Waals surface area contributed by atoms with Crippen LogP contribution < -0.4 is 4.90 Å². The number of carbonyl (C=O) groups is 2. The molecule has 1 spiro atoms. The van der Waals surface area contributed by atoms with Gasteiger partial charge in [0.2, 0.25) is 0 Å². The molecule has 0 N–H and O–H groups in total. The fourth-order valence-corrected chi connectivity index (χ4v) is 5.56. The van der Waals surface area contributed by atoms with E-state index in [0.29, 0.717) is 23.5 Å². The Labute approximate surface area is 175 Å². The van der Waals surface area contributed by atoms with Crippen molar-refractivity contribution < 1.29 is 22.8 Å². The van der Waals surface area contributed by atoms with Crippen molar-refractivity contribution in [3.63, 3.8) is 0 Å². The average Bonchev–Trinajstić information content (AvgIpc) is 3.47. The SMILES string of the molecule is O=C(c1ccco1)N1CCS[C@@]12C(=O)N(Cc1c(F)cccc1F)c1ccccc12. The van der Waals surface area contributed by atoms with Gasteiger partial charge in [-0.25, -0.2) is 8.78 Å². The van der Waals surface area contributed by atoms with E-state index in [9.17, 15) is 18.4 Å². The van der Waals surface area contributed by atoms with Crippen molar-refractivity contribution in [3.05, 3.63) is 89.4 Å². The topological polar surface area (TPSA) is 53.8 Å². The van der Waals surface area contributed by atoms with Crippen molar-refractivity contribution in [3.8, 4) is 0 Å². The van der Waals surface area contributed by atoms with E-state index in [4.69, 9.17) is 4.42 Å². The van der Waals surface area contributed by atoms with Gasteiger partial charge in [0, 0.05) is 23.4 Å². The summed E-state index contributed by atoms with van der Waals surface area (Å²) in [6.45, 7) is 0.0889. The minimum absolute atomic E-state index is 0.140. The van der Waals surface area contributed by atoms with Crippen LogP contribution in [0.15, 0.2) is 65.3 Å². The van der Waals surface area contributed by atoms with Crippen molar-refractivity contribution in [2.24, 2.45) is 0 Å². The molecule has 3 heterocycles. The summed E-state index contributed by atoms with van der Waals surface area (Å²) in [5, 5.41) is 0. The van der Waals surface area contributed by atoms with E-state index >= 15 is 0 Å². The van der Waals surface area contributed by atoms with Crippen LogP contribution >= 0.6 is 11.8 Å². The van der Waals surface area contributed by atoms with Crippen LogP contribution in [0.5, 0.6) is 0 Å². The molecule has 0 unspecified atom stereocenters. The second kappa shape index (κ2) is 6.98. The second-order valence-corrected chi connectivity index (χ2v) is 8.32. The Hall–Kier alpha value is -3.13. The first-order valence-corrected chi connectivity index (χ1v) is 10.4. The summed E-state index contributed by atoms with van der Waals surface area (Å²) < 4.78 is 33.9. The standard InChI is InChI=1S/C22H16F2N2O3S/c23-16-6-3-7-17(24)14(16)13-25-18-8-2-1-5-15(18)22(21(25)28)26(10-12-30-22)20(27)19-9-4-11-29-19/h1-9,11H,10,12-13H2/t22-/m0/s1. The van der Waals surface area contributed by atoms with Crippen LogP contribution in [0.2, 0.25) is 0 Å². The Morgan fingerprint density at radius 3 is 2.57 bits per heavy atom. The lowest BCUT2D eigenvalue weighted by atomic mass is 10.1. The van der Waals surface area contributed by atoms with E-state index < -0.39 is 28.3 Å². The van der Waals surface area contributed by atoms with Crippen LogP contribution in [0.25, 0.3) is 0 Å². The molecule has 1 atom stereocenters. The number of rotatable bonds is 3. The first kappa shape index (κ1) is 18.9. The fourth-order valence-electron chi connectivity index (χ4n) is 4.10. The van der Waals surface area contributed by atoms with Gasteiger partial charge in [-0.2, -0.15) is 0 Å². The second-order valence-electron chi connectivity index (χ2n) is 7.04. The Kier molecular flexibility index (Phi) is 4.39. The minimum Gasteiger partial charge on any atom is -0.459 e. The molecule has 2 amide bonds. The Morgan fingerprint density at radius 1 is 1.07 bits per heavy atom. The zero-order chi connectivity index (χ0) is 20.9. The number of hydrogen-bond donors (Lipinski definition) is 0. The van der Waals surface area contributed by atoms with E-state index in [2.05, 4.69) is 0 Å². The highest BCUT2D eigenvalue weighted by Gasteiger charge is 2.59. The van der Waals surface area contributed by atoms with Gasteiger partial charge in [-0.15, -0.1) is 11.8 Å². The highest BCUT2D eigenvalue weighted by Crippen LogP contribution is 2.54. The minimum atomic E-state index is -1.29. The molecule has 3 aromatic rings. The molecule has 0 aliphatic carbocycles. The molecule has 1 aromatic heterocycles. The molecule has 0 bridgehead atoms. The molecule has 30 heavy (non-hydrogen) atoms. The van der Waals surface area contributed by atoms with Crippen LogP contribution in [0.1, 0.15) is 21.7 Å². The smallest absolute Gasteiger partial charge is 0.291 e. The maximum atomic E-state index is 14.3. The van der Waals surface area contributed by atoms with Gasteiger partial charge in [0.15, 0.2) is 10.6 Å². The van der Waals surface area contributed by atoms with Crippen molar-refractivity contribution in [2.75, 3.05) is 17.2 Å². The van der Waals surface area contributed by atoms with Crippen LogP contribution in [0, 0.1) is 11.6 Å². The molecule has 152 valence electrons. The molecular weight excluding hydrogens is 410 g/mol. The third-order valence-corrected chi connectivity index (χ3v) is 6.88. The summed E-state index contributed by atoms with van der Waals surface area (Å²) in [5.74, 6) is -1.54. The number of halogens is 2. The molecule has 0 radical (unpaired) electrons. The number of nitrogens with zero attached hydrogens (tertiary/aromatic N) is 2. The van der Waals surface area contributed by atoms with Gasteiger partial charge in [-0.3, -0.25) is 9.59 Å². The first-order chi connectivity index (χ1) is 14.5. The zero-order valence-corrected chi connectivity index (χ0v) is 16.5. The number of benzene rings is 2. The van der Waals surface area contributed by atoms with Crippen LogP contribution in [0.3, 0.4) is 0 Å². The van der Waals surface area contributed by atoms with E-state index in [1.54, 1.807) is 36.4 Å². The van der Waals surface area contributed by atoms with Gasteiger partial charge in [-0.1, -0.05) is 24.3 Å². The molecular formula is C22H16F2N2O3S. The van der Waals surface area contributed by atoms with Gasteiger partial charge in [0.25, 0.3) is 11.8 Å². The molecule has 5 rings (SSSR count). The van der Waals surface area contributed by atoms with Gasteiger partial charge in [-0.05, 0) is 30.3 Å². The summed E-state index contributed by atoms with van der Waals surface area (Å²) in [6.07, 6.45) is 1.40. The number of hydrogen-bond acceptors (Lipinski definition) is 4. The Balaban J connectivity index is 1.61. The normalized spacial score (nSPS) is 20.3. The quantitative estimate of drug-likeness (QED) is 0.632. The van der Waals surface area contributed by atoms with Gasteiger partial charge in [0.1, 0.15) is 11.6 Å². The average molecular weight is 426 g/mol. The molecule has 0 saturated carbocycles. The molecule has 1 fully saturated rings. The van der Waals surface area contributed by atoms with Gasteiger partial charge < -0.3 is 14.2 Å². The third kappa shape index (κ3) is 2.60. The summed E-state index contributed by atoms with van der Waals surface area (Å²) in [7, 11) is 0. The monoisotopic (exact) mass is 426 g/mol. The maximum absolute atomic E-state index is 14.3. The predicted molar refractivity (Wildman–Crippen MR) is 108 cm³/mol. The van der Waals surface area contributed by atoms with Crippen LogP contribution in [-0.2, 0) is 16.2 Å². The van der Waals surface area contributed by atoms with Crippen LogP contribution in [-0.4, -0.2) is 29.0 Å². The largest absolute Gasteiger partial charge is 0.459 e. The number of carbonyl (C=O) groups excluding carboxylic acids is 2. The molecule has 8 heteroatoms. The Morgan fingerprint density at radius 2 is 1.83 bits per heavy atom. The lowest BCUT2D eigenvalue weighted by Gasteiger charge is -2.32. The summed E-state index contributed by atoms with van der Waals surface area (Å²) in [5.41, 5.74) is 0.982. The number of furan rings is 1. The van der Waals surface area contributed by atoms with Crippen molar-refractivity contribution >= 4 is 29.3 Å². The number of thioether (sulfide) groups is 1. The molecule has 2 aliphatic heterocycles. The molecule has 1 saturated heterocycles. The van der Waals surface area contributed by atoms with E-state index in [1.807, 2.05) is 0 Å². The Bertz CT molecular complexity index is 1130. The third-order valence-electron chi connectivity index (χ3n) is 5.46.